The quantitative estimate of drug-likeness (QED) is 0.605. The molecule has 0 aliphatic heterocycles. The molecule has 0 radical (unpaired) electrons. The zero-order valence-electron chi connectivity index (χ0n) is 11.0. The van der Waals surface area contributed by atoms with E-state index in [1.54, 1.807) is 0 Å². The zero-order chi connectivity index (χ0) is 15.0. The lowest BCUT2D eigenvalue weighted by atomic mass is 10.0. The first-order chi connectivity index (χ1) is 9.31. The van der Waals surface area contributed by atoms with Gasteiger partial charge in [0.2, 0.25) is 10.0 Å². The van der Waals surface area contributed by atoms with E-state index < -0.39 is 27.2 Å². The molecule has 0 unspecified atom stereocenters. The Morgan fingerprint density at radius 1 is 1.45 bits per heavy atom. The van der Waals surface area contributed by atoms with E-state index in [1.807, 2.05) is 0 Å². The Hall–Kier alpha value is -1.45. The number of aryl methyl sites for hydroxylation is 1. The van der Waals surface area contributed by atoms with Crippen LogP contribution in [0.5, 0.6) is 0 Å². The molecule has 0 amide bonds. The Bertz CT molecular complexity index is 616. The first-order valence-electron chi connectivity index (χ1n) is 6.24. The molecule has 2 rings (SSSR count). The number of H-pyrrole nitrogens is 1. The minimum Gasteiger partial charge on any atom is -0.476 e. The molecule has 0 aromatic carbocycles. The topological polar surface area (TPSA) is 132 Å². The van der Waals surface area contributed by atoms with Crippen molar-refractivity contribution in [3.63, 3.8) is 0 Å². The number of nitrogens with zero attached hydrogens (tertiary/aromatic N) is 1. The molecular weight excluding hydrogens is 286 g/mol. The number of aliphatic hydroxyl groups is 1. The second-order valence-corrected chi connectivity index (χ2v) is 6.70. The van der Waals surface area contributed by atoms with Crippen molar-refractivity contribution >= 4 is 16.0 Å². The van der Waals surface area contributed by atoms with Gasteiger partial charge in [-0.25, -0.2) is 17.9 Å². The number of rotatable bonds is 5. The summed E-state index contributed by atoms with van der Waals surface area (Å²) >= 11 is 0. The lowest BCUT2D eigenvalue weighted by molar-refractivity contribution is 0.0686. The lowest BCUT2D eigenvalue weighted by Gasteiger charge is -2.27. The summed E-state index contributed by atoms with van der Waals surface area (Å²) in [5.74, 6) is -1.42. The third-order valence-corrected chi connectivity index (χ3v) is 5.32. The molecular formula is C11H17N3O5S. The van der Waals surface area contributed by atoms with Gasteiger partial charge < -0.3 is 10.2 Å². The molecule has 8 nitrogen and oxygen atoms in total. The SMILES string of the molecule is Cc1[nH]nc(C(=O)O)c1S(=O)(=O)NC1(CO)CCCC1. The monoisotopic (exact) mass is 303 g/mol. The van der Waals surface area contributed by atoms with Gasteiger partial charge in [-0.2, -0.15) is 5.10 Å². The van der Waals surface area contributed by atoms with Crippen molar-refractivity contribution in [3.8, 4) is 0 Å². The van der Waals surface area contributed by atoms with Gasteiger partial charge in [0.1, 0.15) is 4.90 Å². The molecule has 1 aliphatic carbocycles. The maximum absolute atomic E-state index is 12.4. The molecule has 0 atom stereocenters. The highest BCUT2D eigenvalue weighted by atomic mass is 32.2. The smallest absolute Gasteiger partial charge is 0.357 e. The molecule has 1 heterocycles. The molecule has 1 aromatic rings. The van der Waals surface area contributed by atoms with Gasteiger partial charge in [0, 0.05) is 0 Å². The second-order valence-electron chi connectivity index (χ2n) is 5.08. The number of aromatic carboxylic acids is 1. The highest BCUT2D eigenvalue weighted by Crippen LogP contribution is 2.31. The summed E-state index contributed by atoms with van der Waals surface area (Å²) in [6, 6.07) is 0. The molecule has 1 aliphatic rings. The van der Waals surface area contributed by atoms with Crippen molar-refractivity contribution in [1.82, 2.24) is 14.9 Å². The van der Waals surface area contributed by atoms with Crippen molar-refractivity contribution in [1.29, 1.82) is 0 Å². The summed E-state index contributed by atoms with van der Waals surface area (Å²) in [7, 11) is -4.06. The van der Waals surface area contributed by atoms with Crippen molar-refractivity contribution in [2.45, 2.75) is 43.0 Å². The van der Waals surface area contributed by atoms with Gasteiger partial charge in [0.25, 0.3) is 0 Å². The van der Waals surface area contributed by atoms with Crippen LogP contribution in [0.15, 0.2) is 4.90 Å². The van der Waals surface area contributed by atoms with E-state index in [2.05, 4.69) is 14.9 Å². The Balaban J connectivity index is 2.41. The van der Waals surface area contributed by atoms with Gasteiger partial charge in [-0.05, 0) is 19.8 Å². The number of aliphatic hydroxyl groups excluding tert-OH is 1. The number of carboxylic acids is 1. The van der Waals surface area contributed by atoms with E-state index in [-0.39, 0.29) is 17.2 Å². The first kappa shape index (κ1) is 14.9. The van der Waals surface area contributed by atoms with Crippen LogP contribution in [0.4, 0.5) is 0 Å². The number of aromatic nitrogens is 2. The number of aromatic amines is 1. The minimum atomic E-state index is -4.06. The van der Waals surface area contributed by atoms with Gasteiger partial charge in [-0.15, -0.1) is 0 Å². The van der Waals surface area contributed by atoms with Crippen LogP contribution >= 0.6 is 0 Å². The normalized spacial score (nSPS) is 18.3. The number of carbonyl (C=O) groups is 1. The van der Waals surface area contributed by atoms with Crippen molar-refractivity contribution < 1.29 is 23.4 Å². The first-order valence-corrected chi connectivity index (χ1v) is 7.73. The highest BCUT2D eigenvalue weighted by molar-refractivity contribution is 7.89. The summed E-state index contributed by atoms with van der Waals surface area (Å²) in [5, 5.41) is 24.3. The molecule has 112 valence electrons. The van der Waals surface area contributed by atoms with Crippen LogP contribution in [0.1, 0.15) is 41.9 Å². The molecule has 4 N–H and O–H groups in total. The maximum atomic E-state index is 12.4. The fourth-order valence-corrected chi connectivity index (χ4v) is 4.35. The molecule has 0 bridgehead atoms. The molecule has 1 fully saturated rings. The second kappa shape index (κ2) is 5.15. The number of nitrogens with one attached hydrogen (secondary N) is 2. The molecule has 0 spiro atoms. The summed E-state index contributed by atoms with van der Waals surface area (Å²) in [6.07, 6.45) is 2.70. The number of sulfonamides is 1. The van der Waals surface area contributed by atoms with Crippen LogP contribution < -0.4 is 4.72 Å². The van der Waals surface area contributed by atoms with Crippen LogP contribution in [-0.4, -0.2) is 46.9 Å². The minimum absolute atomic E-state index is 0.154. The van der Waals surface area contributed by atoms with E-state index in [0.29, 0.717) is 12.8 Å². The van der Waals surface area contributed by atoms with E-state index in [1.165, 1.54) is 6.92 Å². The maximum Gasteiger partial charge on any atom is 0.357 e. The fraction of sp³-hybridized carbons (Fsp3) is 0.636. The van der Waals surface area contributed by atoms with Gasteiger partial charge in [0.15, 0.2) is 5.69 Å². The third-order valence-electron chi connectivity index (χ3n) is 3.58. The molecule has 1 aromatic heterocycles. The lowest BCUT2D eigenvalue weighted by Crippen LogP contribution is -2.49. The number of hydrogen-bond donors (Lipinski definition) is 4. The summed E-state index contributed by atoms with van der Waals surface area (Å²) in [5.41, 5.74) is -1.29. The number of hydrogen-bond acceptors (Lipinski definition) is 5. The van der Waals surface area contributed by atoms with Gasteiger partial charge in [-0.1, -0.05) is 12.8 Å². The standard InChI is InChI=1S/C11H17N3O5S/c1-7-9(8(10(16)17)13-12-7)20(18,19)14-11(6-15)4-2-3-5-11/h14-15H,2-6H2,1H3,(H,12,13)(H,16,17). The Morgan fingerprint density at radius 3 is 2.55 bits per heavy atom. The highest BCUT2D eigenvalue weighted by Gasteiger charge is 2.39. The predicted molar refractivity (Wildman–Crippen MR) is 68.9 cm³/mol. The molecule has 1 saturated carbocycles. The third kappa shape index (κ3) is 2.56. The van der Waals surface area contributed by atoms with Crippen molar-refractivity contribution in [2.75, 3.05) is 6.61 Å². The Labute approximate surface area is 116 Å². The Kier molecular flexibility index (Phi) is 3.85. The van der Waals surface area contributed by atoms with Crippen LogP contribution in [0.25, 0.3) is 0 Å². The predicted octanol–water partition coefficient (Wildman–Crippen LogP) is -0.000280. The molecule has 0 saturated heterocycles. The average Bonchev–Trinajstić information content (AvgIpc) is 2.96. The Morgan fingerprint density at radius 2 is 2.05 bits per heavy atom. The fourth-order valence-electron chi connectivity index (χ4n) is 2.57. The van der Waals surface area contributed by atoms with E-state index >= 15 is 0 Å². The van der Waals surface area contributed by atoms with Crippen LogP contribution in [0, 0.1) is 6.92 Å². The van der Waals surface area contributed by atoms with Gasteiger partial charge in [-0.3, -0.25) is 5.10 Å². The van der Waals surface area contributed by atoms with Crippen LogP contribution in [-0.2, 0) is 10.0 Å². The van der Waals surface area contributed by atoms with Crippen molar-refractivity contribution in [3.05, 3.63) is 11.4 Å². The van der Waals surface area contributed by atoms with Crippen LogP contribution in [0.2, 0.25) is 0 Å². The zero-order valence-corrected chi connectivity index (χ0v) is 11.8. The summed E-state index contributed by atoms with van der Waals surface area (Å²) in [4.78, 5) is 10.7. The molecule has 9 heteroatoms. The van der Waals surface area contributed by atoms with Crippen LogP contribution in [0.3, 0.4) is 0 Å². The molecule has 20 heavy (non-hydrogen) atoms. The average molecular weight is 303 g/mol. The van der Waals surface area contributed by atoms with Crippen molar-refractivity contribution in [2.24, 2.45) is 0 Å². The number of carboxylic acid groups (broad SMARTS) is 1. The van der Waals surface area contributed by atoms with E-state index in [4.69, 9.17) is 5.11 Å². The van der Waals surface area contributed by atoms with Gasteiger partial charge >= 0.3 is 5.97 Å². The largest absolute Gasteiger partial charge is 0.476 e. The summed E-state index contributed by atoms with van der Waals surface area (Å²) in [6.45, 7) is 1.12. The van der Waals surface area contributed by atoms with E-state index in [9.17, 15) is 18.3 Å². The van der Waals surface area contributed by atoms with Gasteiger partial charge in [0.05, 0.1) is 17.8 Å². The summed E-state index contributed by atoms with van der Waals surface area (Å²) < 4.78 is 27.3. The van der Waals surface area contributed by atoms with E-state index in [0.717, 1.165) is 12.8 Å².